The van der Waals surface area contributed by atoms with Crippen LogP contribution < -0.4 is 4.74 Å². The second-order valence-corrected chi connectivity index (χ2v) is 7.48. The number of hydrogen-bond donors (Lipinski definition) is 0. The minimum absolute atomic E-state index is 0.145. The summed E-state index contributed by atoms with van der Waals surface area (Å²) in [7, 11) is 12.4. The van der Waals surface area contributed by atoms with Gasteiger partial charge >= 0.3 is 5.97 Å². The van der Waals surface area contributed by atoms with Crippen molar-refractivity contribution in [2.45, 2.75) is 51.2 Å². The lowest BCUT2D eigenvalue weighted by molar-refractivity contribution is -0.134. The van der Waals surface area contributed by atoms with E-state index in [1.54, 1.807) is 0 Å². The van der Waals surface area contributed by atoms with Crippen molar-refractivity contribution in [3.05, 3.63) is 29.8 Å². The topological polar surface area (TPSA) is 36.0 Å². The van der Waals surface area contributed by atoms with Crippen LogP contribution in [0.1, 0.15) is 51.0 Å². The predicted molar refractivity (Wildman–Crippen MR) is 108 cm³/mol. The Morgan fingerprint density at radius 1 is 0.846 bits per heavy atom. The smallest absolute Gasteiger partial charge is 0.311 e. The normalized spacial score (nSPS) is 12.2. The summed E-state index contributed by atoms with van der Waals surface area (Å²) < 4.78 is 5.49. The molecule has 0 amide bonds. The molecule has 0 aliphatic rings. The van der Waals surface area contributed by atoms with Crippen molar-refractivity contribution in [2.75, 3.05) is 42.3 Å². The van der Waals surface area contributed by atoms with Crippen molar-refractivity contribution >= 4 is 5.97 Å². The fraction of sp³-hybridized carbons (Fsp3) is 0.667. The van der Waals surface area contributed by atoms with E-state index in [0.29, 0.717) is 12.2 Å². The molecular formula is C21H37N3O2. The molecule has 148 valence electrons. The summed E-state index contributed by atoms with van der Waals surface area (Å²) in [6, 6.07) is 7.83. The van der Waals surface area contributed by atoms with E-state index in [1.165, 1.54) is 19.3 Å². The summed E-state index contributed by atoms with van der Waals surface area (Å²) in [5.74, 6) is 0.0905. The van der Waals surface area contributed by atoms with E-state index in [-0.39, 0.29) is 11.8 Å². The third-order valence-electron chi connectivity index (χ3n) is 4.83. The standard InChI is InChI=1S/C21H37N3O2/c1-8-9-10-11-12-13-20(25)26-19-16-14-18(15-17-19)21(22(2)3,23(4)5)24(6)7/h14-17H,8-13H2,1-7H3. The van der Waals surface area contributed by atoms with Crippen molar-refractivity contribution in [1.29, 1.82) is 0 Å². The molecule has 0 saturated carbocycles. The fourth-order valence-electron chi connectivity index (χ4n) is 3.78. The van der Waals surface area contributed by atoms with Gasteiger partial charge in [0.1, 0.15) is 5.75 Å². The highest BCUT2D eigenvalue weighted by atomic mass is 16.5. The molecule has 5 heteroatoms. The zero-order valence-electron chi connectivity index (χ0n) is 17.7. The van der Waals surface area contributed by atoms with E-state index >= 15 is 0 Å². The van der Waals surface area contributed by atoms with Crippen LogP contribution in [0.2, 0.25) is 0 Å². The van der Waals surface area contributed by atoms with Crippen molar-refractivity contribution in [2.24, 2.45) is 0 Å². The highest BCUT2D eigenvalue weighted by Gasteiger charge is 2.39. The van der Waals surface area contributed by atoms with Crippen LogP contribution in [0.25, 0.3) is 0 Å². The Morgan fingerprint density at radius 2 is 1.35 bits per heavy atom. The largest absolute Gasteiger partial charge is 0.427 e. The van der Waals surface area contributed by atoms with Crippen molar-refractivity contribution < 1.29 is 9.53 Å². The van der Waals surface area contributed by atoms with Gasteiger partial charge in [-0.25, -0.2) is 0 Å². The highest BCUT2D eigenvalue weighted by Crippen LogP contribution is 2.32. The minimum atomic E-state index is -0.373. The summed E-state index contributed by atoms with van der Waals surface area (Å²) in [6.07, 6.45) is 6.14. The van der Waals surface area contributed by atoms with Crippen LogP contribution >= 0.6 is 0 Å². The Balaban J connectivity index is 2.76. The summed E-state index contributed by atoms with van der Waals surface area (Å²) in [4.78, 5) is 18.5. The van der Waals surface area contributed by atoms with E-state index < -0.39 is 0 Å². The second kappa shape index (κ2) is 10.7. The van der Waals surface area contributed by atoms with Crippen LogP contribution in [-0.2, 0) is 10.6 Å². The lowest BCUT2D eigenvalue weighted by Gasteiger charge is -2.50. The van der Waals surface area contributed by atoms with Gasteiger partial charge in [0, 0.05) is 12.0 Å². The summed E-state index contributed by atoms with van der Waals surface area (Å²) in [5.41, 5.74) is 1.12. The number of esters is 1. The maximum absolute atomic E-state index is 12.0. The molecule has 0 aliphatic carbocycles. The van der Waals surface area contributed by atoms with E-state index in [0.717, 1.165) is 18.4 Å². The van der Waals surface area contributed by atoms with Crippen molar-refractivity contribution in [1.82, 2.24) is 14.7 Å². The molecule has 1 rings (SSSR count). The number of unbranched alkanes of at least 4 members (excludes halogenated alkanes) is 4. The molecule has 0 bridgehead atoms. The quantitative estimate of drug-likeness (QED) is 0.259. The maximum Gasteiger partial charge on any atom is 0.311 e. The molecule has 26 heavy (non-hydrogen) atoms. The van der Waals surface area contributed by atoms with Gasteiger partial charge in [0.25, 0.3) is 0 Å². The first-order chi connectivity index (χ1) is 12.3. The monoisotopic (exact) mass is 363 g/mol. The molecular weight excluding hydrogens is 326 g/mol. The molecule has 0 saturated heterocycles. The second-order valence-electron chi connectivity index (χ2n) is 7.48. The summed E-state index contributed by atoms with van der Waals surface area (Å²) >= 11 is 0. The third-order valence-corrected chi connectivity index (χ3v) is 4.83. The third kappa shape index (κ3) is 5.53. The van der Waals surface area contributed by atoms with Crippen LogP contribution in [0.4, 0.5) is 0 Å². The number of ether oxygens (including phenoxy) is 1. The minimum Gasteiger partial charge on any atom is -0.427 e. The lowest BCUT2D eigenvalue weighted by Crippen LogP contribution is -2.61. The Kier molecular flexibility index (Phi) is 9.27. The number of hydrogen-bond acceptors (Lipinski definition) is 5. The molecule has 0 aromatic heterocycles. The Morgan fingerprint density at radius 3 is 1.81 bits per heavy atom. The predicted octanol–water partition coefficient (Wildman–Crippen LogP) is 3.75. The van der Waals surface area contributed by atoms with Gasteiger partial charge in [-0.1, -0.05) is 44.7 Å². The number of nitrogens with zero attached hydrogens (tertiary/aromatic N) is 3. The molecule has 1 aromatic carbocycles. The molecule has 0 atom stereocenters. The molecule has 1 aromatic rings. The van der Waals surface area contributed by atoms with Gasteiger partial charge in [-0.3, -0.25) is 19.5 Å². The summed E-state index contributed by atoms with van der Waals surface area (Å²) in [5, 5.41) is 0. The number of carbonyl (C=O) groups excluding carboxylic acids is 1. The number of carbonyl (C=O) groups is 1. The van der Waals surface area contributed by atoms with Crippen LogP contribution in [0.3, 0.4) is 0 Å². The molecule has 5 nitrogen and oxygen atoms in total. The number of rotatable bonds is 11. The molecule has 0 aliphatic heterocycles. The average molecular weight is 364 g/mol. The average Bonchev–Trinajstić information content (AvgIpc) is 2.55. The van der Waals surface area contributed by atoms with Gasteiger partial charge < -0.3 is 4.74 Å². The zero-order chi connectivity index (χ0) is 19.7. The molecule has 0 spiro atoms. The van der Waals surface area contributed by atoms with Gasteiger partial charge in [-0.2, -0.15) is 0 Å². The van der Waals surface area contributed by atoms with E-state index in [1.807, 2.05) is 24.3 Å². The van der Waals surface area contributed by atoms with Crippen molar-refractivity contribution in [3.8, 4) is 5.75 Å². The first-order valence-corrected chi connectivity index (χ1v) is 9.60. The number of benzene rings is 1. The molecule has 0 fully saturated rings. The zero-order valence-corrected chi connectivity index (χ0v) is 17.7. The SMILES string of the molecule is CCCCCCCC(=O)Oc1ccc(C(N(C)C)(N(C)C)N(C)C)cc1. The van der Waals surface area contributed by atoms with Gasteiger partial charge in [0.2, 0.25) is 0 Å². The van der Waals surface area contributed by atoms with Crippen LogP contribution in [0, 0.1) is 0 Å². The maximum atomic E-state index is 12.0. The van der Waals surface area contributed by atoms with Crippen molar-refractivity contribution in [3.63, 3.8) is 0 Å². The van der Waals surface area contributed by atoms with E-state index in [4.69, 9.17) is 4.74 Å². The highest BCUT2D eigenvalue weighted by molar-refractivity contribution is 5.72. The Hall–Kier alpha value is -1.43. The molecule has 0 heterocycles. The first kappa shape index (κ1) is 22.6. The van der Waals surface area contributed by atoms with Crippen LogP contribution in [0.15, 0.2) is 24.3 Å². The summed E-state index contributed by atoms with van der Waals surface area (Å²) in [6.45, 7) is 2.19. The van der Waals surface area contributed by atoms with Crippen LogP contribution in [0.5, 0.6) is 5.75 Å². The first-order valence-electron chi connectivity index (χ1n) is 9.60. The Labute approximate surface area is 159 Å². The lowest BCUT2D eigenvalue weighted by atomic mass is 10.0. The van der Waals surface area contributed by atoms with Gasteiger partial charge in [-0.05, 0) is 60.8 Å². The van der Waals surface area contributed by atoms with Gasteiger partial charge in [0.15, 0.2) is 5.79 Å². The van der Waals surface area contributed by atoms with Gasteiger partial charge in [0.05, 0.1) is 0 Å². The molecule has 0 N–H and O–H groups in total. The van der Waals surface area contributed by atoms with E-state index in [2.05, 4.69) is 63.9 Å². The van der Waals surface area contributed by atoms with Crippen LogP contribution in [-0.4, -0.2) is 63.0 Å². The van der Waals surface area contributed by atoms with Gasteiger partial charge in [-0.15, -0.1) is 0 Å². The molecule has 0 unspecified atom stereocenters. The Bertz CT molecular complexity index is 517. The fourth-order valence-corrected chi connectivity index (χ4v) is 3.78. The molecule has 0 radical (unpaired) electrons. The van der Waals surface area contributed by atoms with E-state index in [9.17, 15) is 4.79 Å².